The minimum atomic E-state index is -0.555. The zero-order chi connectivity index (χ0) is 13.8. The minimum absolute atomic E-state index is 0.0740. The molecule has 0 aromatic heterocycles. The largest absolute Gasteiger partial charge is 0.389 e. The SMILES string of the molecule is CCOCCOCC(O)CNCCC(=O)N(C)C. The molecule has 108 valence electrons. The summed E-state index contributed by atoms with van der Waals surface area (Å²) in [4.78, 5) is 12.8. The van der Waals surface area contributed by atoms with Crippen molar-refractivity contribution >= 4 is 5.91 Å². The first-order chi connectivity index (χ1) is 8.57. The van der Waals surface area contributed by atoms with Crippen LogP contribution in [-0.4, -0.2) is 75.6 Å². The molecule has 0 heterocycles. The molecule has 0 radical (unpaired) electrons. The van der Waals surface area contributed by atoms with Gasteiger partial charge in [-0.25, -0.2) is 0 Å². The first-order valence-electron chi connectivity index (χ1n) is 6.32. The number of carbonyl (C=O) groups excluding carboxylic acids is 1. The van der Waals surface area contributed by atoms with Crippen molar-refractivity contribution in [1.82, 2.24) is 10.2 Å². The summed E-state index contributed by atoms with van der Waals surface area (Å²) in [7, 11) is 3.45. The molecule has 1 unspecified atom stereocenters. The molecular formula is C12H26N2O4. The molecule has 0 bridgehead atoms. The second-order valence-electron chi connectivity index (χ2n) is 4.17. The van der Waals surface area contributed by atoms with Gasteiger partial charge >= 0.3 is 0 Å². The van der Waals surface area contributed by atoms with Crippen molar-refractivity contribution in [3.63, 3.8) is 0 Å². The smallest absolute Gasteiger partial charge is 0.223 e. The highest BCUT2D eigenvalue weighted by Gasteiger charge is 2.06. The number of aliphatic hydroxyl groups is 1. The third-order valence-corrected chi connectivity index (χ3v) is 2.28. The molecule has 0 saturated heterocycles. The van der Waals surface area contributed by atoms with Crippen molar-refractivity contribution in [2.24, 2.45) is 0 Å². The Morgan fingerprint density at radius 2 is 2.00 bits per heavy atom. The number of hydrogen-bond donors (Lipinski definition) is 2. The van der Waals surface area contributed by atoms with E-state index in [1.807, 2.05) is 6.92 Å². The number of carbonyl (C=O) groups is 1. The van der Waals surface area contributed by atoms with E-state index in [9.17, 15) is 9.90 Å². The molecule has 0 aromatic carbocycles. The highest BCUT2D eigenvalue weighted by atomic mass is 16.5. The molecule has 18 heavy (non-hydrogen) atoms. The minimum Gasteiger partial charge on any atom is -0.389 e. The van der Waals surface area contributed by atoms with Gasteiger partial charge in [-0.3, -0.25) is 4.79 Å². The molecular weight excluding hydrogens is 236 g/mol. The number of nitrogens with zero attached hydrogens (tertiary/aromatic N) is 1. The van der Waals surface area contributed by atoms with Crippen LogP contribution in [-0.2, 0) is 14.3 Å². The summed E-state index contributed by atoms with van der Waals surface area (Å²) in [5.74, 6) is 0.0740. The summed E-state index contributed by atoms with van der Waals surface area (Å²) in [6.07, 6.45) is -0.119. The number of rotatable bonds is 11. The van der Waals surface area contributed by atoms with E-state index in [0.717, 1.165) is 0 Å². The quantitative estimate of drug-likeness (QED) is 0.490. The molecule has 2 N–H and O–H groups in total. The van der Waals surface area contributed by atoms with E-state index in [4.69, 9.17) is 9.47 Å². The van der Waals surface area contributed by atoms with E-state index in [-0.39, 0.29) is 12.5 Å². The van der Waals surface area contributed by atoms with Crippen LogP contribution in [0.25, 0.3) is 0 Å². The van der Waals surface area contributed by atoms with Gasteiger partial charge in [-0.15, -0.1) is 0 Å². The fraction of sp³-hybridized carbons (Fsp3) is 0.917. The van der Waals surface area contributed by atoms with E-state index < -0.39 is 6.10 Å². The first-order valence-corrected chi connectivity index (χ1v) is 6.32. The fourth-order valence-electron chi connectivity index (χ4n) is 1.23. The van der Waals surface area contributed by atoms with Gasteiger partial charge in [0, 0.05) is 40.2 Å². The normalized spacial score (nSPS) is 12.4. The molecule has 0 aliphatic rings. The maximum atomic E-state index is 11.2. The second-order valence-corrected chi connectivity index (χ2v) is 4.17. The van der Waals surface area contributed by atoms with Gasteiger partial charge in [-0.1, -0.05) is 0 Å². The van der Waals surface area contributed by atoms with Crippen LogP contribution >= 0.6 is 0 Å². The third-order valence-electron chi connectivity index (χ3n) is 2.28. The van der Waals surface area contributed by atoms with Crippen molar-refractivity contribution in [3.8, 4) is 0 Å². The number of aliphatic hydroxyl groups excluding tert-OH is 1. The van der Waals surface area contributed by atoms with Crippen LogP contribution in [0.15, 0.2) is 0 Å². The van der Waals surface area contributed by atoms with Gasteiger partial charge in [0.15, 0.2) is 0 Å². The lowest BCUT2D eigenvalue weighted by molar-refractivity contribution is -0.128. The standard InChI is InChI=1S/C12H26N2O4/c1-4-17-7-8-18-10-11(15)9-13-6-5-12(16)14(2)3/h11,13,15H,4-10H2,1-3H3. The summed E-state index contributed by atoms with van der Waals surface area (Å²) in [5, 5.41) is 12.6. The molecule has 1 atom stereocenters. The monoisotopic (exact) mass is 262 g/mol. The highest BCUT2D eigenvalue weighted by Crippen LogP contribution is 1.88. The predicted molar refractivity (Wildman–Crippen MR) is 69.5 cm³/mol. The van der Waals surface area contributed by atoms with Crippen LogP contribution in [0, 0.1) is 0 Å². The van der Waals surface area contributed by atoms with E-state index >= 15 is 0 Å². The number of amides is 1. The lowest BCUT2D eigenvalue weighted by Crippen LogP contribution is -2.33. The molecule has 0 spiro atoms. The Morgan fingerprint density at radius 1 is 1.33 bits per heavy atom. The van der Waals surface area contributed by atoms with Crippen LogP contribution in [0.4, 0.5) is 0 Å². The summed E-state index contributed by atoms with van der Waals surface area (Å²) < 4.78 is 10.3. The van der Waals surface area contributed by atoms with Gasteiger partial charge < -0.3 is 24.8 Å². The van der Waals surface area contributed by atoms with Crippen molar-refractivity contribution in [2.75, 3.05) is 53.6 Å². The van der Waals surface area contributed by atoms with E-state index in [1.165, 1.54) is 0 Å². The van der Waals surface area contributed by atoms with Crippen molar-refractivity contribution in [2.45, 2.75) is 19.4 Å². The Balaban J connectivity index is 3.31. The summed E-state index contributed by atoms with van der Waals surface area (Å²) >= 11 is 0. The van der Waals surface area contributed by atoms with Gasteiger partial charge in [0.1, 0.15) is 0 Å². The predicted octanol–water partition coefficient (Wildman–Crippen LogP) is -0.532. The highest BCUT2D eigenvalue weighted by molar-refractivity contribution is 5.75. The molecule has 0 aliphatic heterocycles. The Labute approximate surface area is 109 Å². The fourth-order valence-corrected chi connectivity index (χ4v) is 1.23. The Bertz CT molecular complexity index is 212. The summed E-state index contributed by atoms with van der Waals surface area (Å²) in [6.45, 7) is 4.91. The maximum absolute atomic E-state index is 11.2. The molecule has 0 aromatic rings. The summed E-state index contributed by atoms with van der Waals surface area (Å²) in [5.41, 5.74) is 0. The second kappa shape index (κ2) is 11.4. The lowest BCUT2D eigenvalue weighted by atomic mass is 10.3. The Kier molecular flexibility index (Phi) is 11.0. The average molecular weight is 262 g/mol. The molecule has 6 heteroatoms. The Hall–Kier alpha value is -0.690. The van der Waals surface area contributed by atoms with E-state index in [2.05, 4.69) is 5.32 Å². The molecule has 0 aliphatic carbocycles. The van der Waals surface area contributed by atoms with Gasteiger partial charge in [0.05, 0.1) is 25.9 Å². The van der Waals surface area contributed by atoms with Crippen LogP contribution in [0.5, 0.6) is 0 Å². The zero-order valence-corrected chi connectivity index (χ0v) is 11.6. The molecule has 1 amide bonds. The third kappa shape index (κ3) is 10.5. The van der Waals surface area contributed by atoms with Crippen LogP contribution in [0.3, 0.4) is 0 Å². The number of hydrogen-bond acceptors (Lipinski definition) is 5. The van der Waals surface area contributed by atoms with Crippen LogP contribution in [0.2, 0.25) is 0 Å². The topological polar surface area (TPSA) is 71.0 Å². The van der Waals surface area contributed by atoms with E-state index in [1.54, 1.807) is 19.0 Å². The van der Waals surface area contributed by atoms with Gasteiger partial charge in [0.2, 0.25) is 5.91 Å². The van der Waals surface area contributed by atoms with Gasteiger partial charge in [-0.05, 0) is 6.92 Å². The van der Waals surface area contributed by atoms with E-state index in [0.29, 0.717) is 39.3 Å². The van der Waals surface area contributed by atoms with Crippen LogP contribution in [0.1, 0.15) is 13.3 Å². The molecule has 0 saturated carbocycles. The Morgan fingerprint density at radius 3 is 2.61 bits per heavy atom. The zero-order valence-electron chi connectivity index (χ0n) is 11.6. The average Bonchev–Trinajstić information content (AvgIpc) is 2.34. The lowest BCUT2D eigenvalue weighted by Gasteiger charge is -2.13. The molecule has 6 nitrogen and oxygen atoms in total. The first kappa shape index (κ1) is 17.3. The number of ether oxygens (including phenoxy) is 2. The van der Waals surface area contributed by atoms with Crippen molar-refractivity contribution < 1.29 is 19.4 Å². The summed E-state index contributed by atoms with van der Waals surface area (Å²) in [6, 6.07) is 0. The molecule has 0 fully saturated rings. The number of nitrogens with one attached hydrogen (secondary N) is 1. The molecule has 0 rings (SSSR count). The van der Waals surface area contributed by atoms with Gasteiger partial charge in [0.25, 0.3) is 0 Å². The maximum Gasteiger partial charge on any atom is 0.223 e. The van der Waals surface area contributed by atoms with Crippen molar-refractivity contribution in [1.29, 1.82) is 0 Å². The van der Waals surface area contributed by atoms with Crippen molar-refractivity contribution in [3.05, 3.63) is 0 Å². The van der Waals surface area contributed by atoms with Crippen LogP contribution < -0.4 is 5.32 Å². The van der Waals surface area contributed by atoms with Gasteiger partial charge in [-0.2, -0.15) is 0 Å².